The van der Waals surface area contributed by atoms with Crippen molar-refractivity contribution in [3.63, 3.8) is 0 Å². The van der Waals surface area contributed by atoms with E-state index in [1.807, 2.05) is 17.5 Å². The fourth-order valence-electron chi connectivity index (χ4n) is 0.780. The summed E-state index contributed by atoms with van der Waals surface area (Å²) in [6.45, 7) is 1.78. The third-order valence-corrected chi connectivity index (χ3v) is 2.32. The van der Waals surface area contributed by atoms with E-state index in [-0.39, 0.29) is 0 Å². The summed E-state index contributed by atoms with van der Waals surface area (Å²) < 4.78 is 0. The molecular weight excluding hydrogens is 156 g/mol. The summed E-state index contributed by atoms with van der Waals surface area (Å²) in [4.78, 5) is 0.993. The highest BCUT2D eigenvalue weighted by molar-refractivity contribution is 7.10. The Hall–Kier alpha value is -0.780. The number of hydrogen-bond acceptors (Lipinski definition) is 2. The van der Waals surface area contributed by atoms with Crippen molar-refractivity contribution in [3.8, 4) is 11.8 Å². The normalized spacial score (nSPS) is 11.8. The van der Waals surface area contributed by atoms with E-state index in [4.69, 9.17) is 0 Å². The second-order valence-electron chi connectivity index (χ2n) is 2.16. The number of hydrogen-bond donors (Lipinski definition) is 1. The van der Waals surface area contributed by atoms with Crippen LogP contribution in [0.25, 0.3) is 0 Å². The zero-order valence-corrected chi connectivity index (χ0v) is 7.19. The van der Waals surface area contributed by atoms with Crippen molar-refractivity contribution in [1.29, 1.82) is 0 Å². The first-order valence-corrected chi connectivity index (χ1v) is 4.33. The van der Waals surface area contributed by atoms with Crippen LogP contribution in [0.5, 0.6) is 0 Å². The zero-order valence-electron chi connectivity index (χ0n) is 6.37. The van der Waals surface area contributed by atoms with Crippen molar-refractivity contribution in [3.05, 3.63) is 22.4 Å². The maximum absolute atomic E-state index is 9.45. The first kappa shape index (κ1) is 8.32. The first-order chi connectivity index (χ1) is 5.34. The second-order valence-corrected chi connectivity index (χ2v) is 3.14. The summed E-state index contributed by atoms with van der Waals surface area (Å²) in [6, 6.07) is 3.86. The summed E-state index contributed by atoms with van der Waals surface area (Å²) in [5.41, 5.74) is 0. The summed E-state index contributed by atoms with van der Waals surface area (Å²) in [5, 5.41) is 11.4. The summed E-state index contributed by atoms with van der Waals surface area (Å²) in [7, 11) is 0. The lowest BCUT2D eigenvalue weighted by Gasteiger charge is -2.01. The smallest absolute Gasteiger partial charge is 0.0990 e. The van der Waals surface area contributed by atoms with Crippen LogP contribution in [-0.2, 0) is 0 Å². The maximum Gasteiger partial charge on any atom is 0.0990 e. The highest BCUT2D eigenvalue weighted by Crippen LogP contribution is 2.20. The molecule has 11 heavy (non-hydrogen) atoms. The molecule has 0 bridgehead atoms. The van der Waals surface area contributed by atoms with E-state index < -0.39 is 6.10 Å². The number of thiophene rings is 1. The van der Waals surface area contributed by atoms with Gasteiger partial charge in [0, 0.05) is 11.3 Å². The highest BCUT2D eigenvalue weighted by atomic mass is 32.1. The van der Waals surface area contributed by atoms with Gasteiger partial charge in [-0.25, -0.2) is 0 Å². The molecule has 1 N–H and O–H groups in total. The number of aliphatic hydroxyl groups is 1. The molecule has 0 aliphatic carbocycles. The third-order valence-electron chi connectivity index (χ3n) is 1.34. The molecule has 0 aromatic carbocycles. The molecule has 2 heteroatoms. The molecule has 0 fully saturated rings. The van der Waals surface area contributed by atoms with Crippen molar-refractivity contribution in [2.75, 3.05) is 0 Å². The first-order valence-electron chi connectivity index (χ1n) is 3.45. The molecule has 1 unspecified atom stereocenters. The average molecular weight is 166 g/mol. The van der Waals surface area contributed by atoms with Crippen LogP contribution in [0.4, 0.5) is 0 Å². The minimum Gasteiger partial charge on any atom is -0.387 e. The van der Waals surface area contributed by atoms with Gasteiger partial charge in [0.15, 0.2) is 0 Å². The van der Waals surface area contributed by atoms with E-state index in [0.717, 1.165) is 4.88 Å². The van der Waals surface area contributed by atoms with Gasteiger partial charge < -0.3 is 5.11 Å². The number of aliphatic hydroxyl groups excluding tert-OH is 1. The van der Waals surface area contributed by atoms with Crippen LogP contribution in [0.15, 0.2) is 17.5 Å². The Kier molecular flexibility index (Phi) is 3.15. The lowest BCUT2D eigenvalue weighted by Crippen LogP contribution is -1.91. The molecule has 1 aromatic rings. The second kappa shape index (κ2) is 4.17. The Morgan fingerprint density at radius 3 is 3.09 bits per heavy atom. The molecule has 1 rings (SSSR count). The van der Waals surface area contributed by atoms with E-state index in [1.165, 1.54) is 0 Å². The average Bonchev–Trinajstić information content (AvgIpc) is 2.52. The third kappa shape index (κ3) is 2.38. The lowest BCUT2D eigenvalue weighted by molar-refractivity contribution is 0.188. The van der Waals surface area contributed by atoms with Crippen LogP contribution in [-0.4, -0.2) is 5.11 Å². The zero-order chi connectivity index (χ0) is 8.10. The standard InChI is InChI=1S/C9H10OS/c1-2-3-5-8(10)9-6-4-7-11-9/h4,6-8,10H,5H2,1H3. The van der Waals surface area contributed by atoms with Gasteiger partial charge in [-0.2, -0.15) is 0 Å². The molecule has 0 spiro atoms. The van der Waals surface area contributed by atoms with Gasteiger partial charge >= 0.3 is 0 Å². The van der Waals surface area contributed by atoms with Gasteiger partial charge in [0.05, 0.1) is 6.10 Å². The monoisotopic (exact) mass is 166 g/mol. The molecule has 1 atom stereocenters. The van der Waals surface area contributed by atoms with Crippen LogP contribution < -0.4 is 0 Å². The van der Waals surface area contributed by atoms with Crippen molar-refractivity contribution in [2.24, 2.45) is 0 Å². The van der Waals surface area contributed by atoms with Gasteiger partial charge in [-0.1, -0.05) is 6.07 Å². The van der Waals surface area contributed by atoms with E-state index in [0.29, 0.717) is 6.42 Å². The van der Waals surface area contributed by atoms with Gasteiger partial charge in [-0.05, 0) is 18.4 Å². The Morgan fingerprint density at radius 2 is 2.55 bits per heavy atom. The van der Waals surface area contributed by atoms with Crippen LogP contribution >= 0.6 is 11.3 Å². The SMILES string of the molecule is CC#CCC(O)c1cccs1. The number of rotatable bonds is 2. The predicted octanol–water partition coefficient (Wildman–Crippen LogP) is 2.19. The fraction of sp³-hybridized carbons (Fsp3) is 0.333. The summed E-state index contributed by atoms with van der Waals surface area (Å²) in [5.74, 6) is 5.60. The maximum atomic E-state index is 9.45. The molecule has 1 heterocycles. The van der Waals surface area contributed by atoms with Crippen molar-refractivity contribution in [1.82, 2.24) is 0 Å². The van der Waals surface area contributed by atoms with Crippen molar-refractivity contribution >= 4 is 11.3 Å². The molecule has 0 saturated heterocycles. The van der Waals surface area contributed by atoms with Gasteiger partial charge in [0.25, 0.3) is 0 Å². The van der Waals surface area contributed by atoms with Gasteiger partial charge in [0.1, 0.15) is 0 Å². The van der Waals surface area contributed by atoms with E-state index in [9.17, 15) is 5.11 Å². The predicted molar refractivity (Wildman–Crippen MR) is 47.3 cm³/mol. The molecular formula is C9H10OS. The van der Waals surface area contributed by atoms with Crippen molar-refractivity contribution < 1.29 is 5.11 Å². The molecule has 58 valence electrons. The van der Waals surface area contributed by atoms with Crippen molar-refractivity contribution in [2.45, 2.75) is 19.4 Å². The van der Waals surface area contributed by atoms with E-state index in [1.54, 1.807) is 18.3 Å². The molecule has 0 radical (unpaired) electrons. The Labute approximate surface area is 70.7 Å². The minimum absolute atomic E-state index is 0.401. The van der Waals surface area contributed by atoms with E-state index in [2.05, 4.69) is 11.8 Å². The quantitative estimate of drug-likeness (QED) is 0.668. The van der Waals surface area contributed by atoms with Gasteiger partial charge in [-0.3, -0.25) is 0 Å². The Morgan fingerprint density at radius 1 is 1.73 bits per heavy atom. The minimum atomic E-state index is -0.401. The molecule has 0 amide bonds. The summed E-state index contributed by atoms with van der Waals surface area (Å²) >= 11 is 1.56. The van der Waals surface area contributed by atoms with Crippen LogP contribution in [0.3, 0.4) is 0 Å². The van der Waals surface area contributed by atoms with Crippen LogP contribution in [0.1, 0.15) is 24.3 Å². The molecule has 0 aliphatic heterocycles. The van der Waals surface area contributed by atoms with Gasteiger partial charge in [-0.15, -0.1) is 23.2 Å². The fourth-order valence-corrected chi connectivity index (χ4v) is 1.49. The van der Waals surface area contributed by atoms with E-state index >= 15 is 0 Å². The van der Waals surface area contributed by atoms with Crippen LogP contribution in [0.2, 0.25) is 0 Å². The largest absolute Gasteiger partial charge is 0.387 e. The molecule has 0 aliphatic rings. The Bertz CT molecular complexity index is 253. The molecule has 0 saturated carbocycles. The molecule has 1 nitrogen and oxygen atoms in total. The lowest BCUT2D eigenvalue weighted by atomic mass is 10.2. The van der Waals surface area contributed by atoms with Gasteiger partial charge in [0.2, 0.25) is 0 Å². The Balaban J connectivity index is 2.53. The topological polar surface area (TPSA) is 20.2 Å². The van der Waals surface area contributed by atoms with Crippen LogP contribution in [0, 0.1) is 11.8 Å². The molecule has 1 aromatic heterocycles. The summed E-state index contributed by atoms with van der Waals surface area (Å²) in [6.07, 6.45) is 0.138. The highest BCUT2D eigenvalue weighted by Gasteiger charge is 2.04.